The van der Waals surface area contributed by atoms with E-state index in [0.29, 0.717) is 35.5 Å². The van der Waals surface area contributed by atoms with Crippen LogP contribution in [0.1, 0.15) is 36.8 Å². The summed E-state index contributed by atoms with van der Waals surface area (Å²) in [7, 11) is -3.33. The highest BCUT2D eigenvalue weighted by molar-refractivity contribution is 7.90. The van der Waals surface area contributed by atoms with E-state index in [-0.39, 0.29) is 10.8 Å². The minimum absolute atomic E-state index is 0.212. The second kappa shape index (κ2) is 12.3. The van der Waals surface area contributed by atoms with Gasteiger partial charge in [0, 0.05) is 48.1 Å². The van der Waals surface area contributed by atoms with Crippen LogP contribution in [0, 0.1) is 0 Å². The zero-order chi connectivity index (χ0) is 29.6. The number of ether oxygens (including phenoxy) is 1. The van der Waals surface area contributed by atoms with Gasteiger partial charge in [-0.1, -0.05) is 36.4 Å². The number of anilines is 2. The van der Waals surface area contributed by atoms with Crippen LogP contribution in [0.5, 0.6) is 0 Å². The number of rotatable bonds is 8. The molecule has 8 nitrogen and oxygen atoms in total. The Morgan fingerprint density at radius 1 is 0.878 bits per heavy atom. The standard InChI is InChI=1S/C32H33N3O5S/c1-32(2,3)40-31(37)35(22-20-24-9-7-8-21-33-24)26-16-14-25(15-17-26)34-30(36)29-11-6-5-10-28(29)23-12-18-27(19-13-23)41(4,38)39/h5-19,21H,20,22H2,1-4H3,(H,34,36). The van der Waals surface area contributed by atoms with Gasteiger partial charge in [0.15, 0.2) is 9.84 Å². The van der Waals surface area contributed by atoms with Crippen molar-refractivity contribution >= 4 is 33.2 Å². The van der Waals surface area contributed by atoms with E-state index in [4.69, 9.17) is 4.74 Å². The number of nitrogens with zero attached hydrogens (tertiary/aromatic N) is 2. The number of benzene rings is 3. The summed E-state index contributed by atoms with van der Waals surface area (Å²) in [6.45, 7) is 5.82. The first-order valence-electron chi connectivity index (χ1n) is 13.1. The van der Waals surface area contributed by atoms with Gasteiger partial charge in [-0.2, -0.15) is 0 Å². The maximum absolute atomic E-state index is 13.3. The minimum atomic E-state index is -3.33. The molecule has 4 aromatic rings. The molecular formula is C32H33N3O5S. The summed E-state index contributed by atoms with van der Waals surface area (Å²) in [6.07, 6.45) is 2.94. The Labute approximate surface area is 240 Å². The molecule has 4 rings (SSSR count). The zero-order valence-electron chi connectivity index (χ0n) is 23.5. The number of sulfone groups is 1. The highest BCUT2D eigenvalue weighted by Crippen LogP contribution is 2.27. The van der Waals surface area contributed by atoms with Gasteiger partial charge < -0.3 is 10.1 Å². The van der Waals surface area contributed by atoms with Crippen LogP contribution < -0.4 is 10.2 Å². The summed E-state index contributed by atoms with van der Waals surface area (Å²) in [4.78, 5) is 32.4. The monoisotopic (exact) mass is 571 g/mol. The van der Waals surface area contributed by atoms with Gasteiger partial charge in [-0.25, -0.2) is 13.2 Å². The fourth-order valence-corrected chi connectivity index (χ4v) is 4.78. The Balaban J connectivity index is 1.52. The van der Waals surface area contributed by atoms with Crippen molar-refractivity contribution in [2.24, 2.45) is 0 Å². The van der Waals surface area contributed by atoms with Crippen molar-refractivity contribution in [2.75, 3.05) is 23.0 Å². The van der Waals surface area contributed by atoms with Gasteiger partial charge in [0.05, 0.1) is 4.90 Å². The van der Waals surface area contributed by atoms with E-state index < -0.39 is 21.5 Å². The molecule has 3 aromatic carbocycles. The highest BCUT2D eigenvalue weighted by atomic mass is 32.2. The van der Waals surface area contributed by atoms with Gasteiger partial charge in [0.1, 0.15) is 5.60 Å². The molecule has 41 heavy (non-hydrogen) atoms. The minimum Gasteiger partial charge on any atom is -0.443 e. The van der Waals surface area contributed by atoms with Crippen molar-refractivity contribution in [3.05, 3.63) is 108 Å². The molecule has 0 aliphatic rings. The lowest BCUT2D eigenvalue weighted by Crippen LogP contribution is -2.38. The fraction of sp³-hybridized carbons (Fsp3) is 0.219. The number of carbonyl (C=O) groups excluding carboxylic acids is 2. The predicted molar refractivity (Wildman–Crippen MR) is 161 cm³/mol. The lowest BCUT2D eigenvalue weighted by molar-refractivity contribution is 0.0580. The van der Waals surface area contributed by atoms with Crippen LogP contribution in [0.2, 0.25) is 0 Å². The molecule has 1 heterocycles. The van der Waals surface area contributed by atoms with E-state index in [1.807, 2.05) is 51.1 Å². The van der Waals surface area contributed by atoms with E-state index in [0.717, 1.165) is 17.5 Å². The highest BCUT2D eigenvalue weighted by Gasteiger charge is 2.24. The van der Waals surface area contributed by atoms with E-state index in [1.54, 1.807) is 59.6 Å². The quantitative estimate of drug-likeness (QED) is 0.263. The summed E-state index contributed by atoms with van der Waals surface area (Å²) >= 11 is 0. The molecule has 2 amide bonds. The topological polar surface area (TPSA) is 106 Å². The lowest BCUT2D eigenvalue weighted by atomic mass is 9.99. The van der Waals surface area contributed by atoms with Crippen LogP contribution in [0.15, 0.2) is 102 Å². The van der Waals surface area contributed by atoms with Crippen molar-refractivity contribution in [3.8, 4) is 11.1 Å². The number of carbonyl (C=O) groups is 2. The summed E-state index contributed by atoms with van der Waals surface area (Å²) in [6, 6.07) is 26.2. The Hall–Kier alpha value is -4.50. The molecule has 0 bridgehead atoms. The van der Waals surface area contributed by atoms with Gasteiger partial charge >= 0.3 is 6.09 Å². The Morgan fingerprint density at radius 3 is 2.15 bits per heavy atom. The van der Waals surface area contributed by atoms with Crippen LogP contribution in [0.3, 0.4) is 0 Å². The molecule has 0 saturated carbocycles. The van der Waals surface area contributed by atoms with Crippen LogP contribution in [0.25, 0.3) is 11.1 Å². The van der Waals surface area contributed by atoms with Gasteiger partial charge in [-0.05, 0) is 86.5 Å². The molecule has 0 saturated heterocycles. The molecule has 0 atom stereocenters. The van der Waals surface area contributed by atoms with Crippen molar-refractivity contribution in [1.29, 1.82) is 0 Å². The molecule has 9 heteroatoms. The summed E-state index contributed by atoms with van der Waals surface area (Å²) in [5.74, 6) is -0.320. The van der Waals surface area contributed by atoms with Crippen LogP contribution in [0.4, 0.5) is 16.2 Å². The molecule has 0 fully saturated rings. The van der Waals surface area contributed by atoms with E-state index >= 15 is 0 Å². The second-order valence-corrected chi connectivity index (χ2v) is 12.6. The third kappa shape index (κ3) is 8.02. The summed E-state index contributed by atoms with van der Waals surface area (Å²) in [5.41, 5.74) is 3.21. The van der Waals surface area contributed by atoms with E-state index in [2.05, 4.69) is 10.3 Å². The summed E-state index contributed by atoms with van der Waals surface area (Å²) in [5, 5.41) is 2.92. The van der Waals surface area contributed by atoms with E-state index in [1.165, 1.54) is 12.1 Å². The smallest absolute Gasteiger partial charge is 0.414 e. The first-order chi connectivity index (χ1) is 19.4. The molecule has 0 aliphatic heterocycles. The van der Waals surface area contributed by atoms with Gasteiger partial charge in [0.2, 0.25) is 0 Å². The molecule has 212 valence electrons. The largest absolute Gasteiger partial charge is 0.443 e. The van der Waals surface area contributed by atoms with Gasteiger partial charge in [-0.3, -0.25) is 14.7 Å². The number of hydrogen-bond donors (Lipinski definition) is 1. The molecule has 0 unspecified atom stereocenters. The zero-order valence-corrected chi connectivity index (χ0v) is 24.3. The van der Waals surface area contributed by atoms with Crippen molar-refractivity contribution in [2.45, 2.75) is 37.7 Å². The number of nitrogens with one attached hydrogen (secondary N) is 1. The second-order valence-electron chi connectivity index (χ2n) is 10.5. The Bertz CT molecular complexity index is 1610. The molecule has 0 spiro atoms. The predicted octanol–water partition coefficient (Wildman–Crippen LogP) is 6.39. The normalized spacial score (nSPS) is 11.5. The molecule has 0 radical (unpaired) electrons. The van der Waals surface area contributed by atoms with Crippen LogP contribution in [-0.2, 0) is 21.0 Å². The molecule has 1 N–H and O–H groups in total. The number of pyridine rings is 1. The van der Waals surface area contributed by atoms with Gasteiger partial charge in [-0.15, -0.1) is 0 Å². The fourth-order valence-electron chi connectivity index (χ4n) is 4.15. The Morgan fingerprint density at radius 2 is 1.54 bits per heavy atom. The third-order valence-electron chi connectivity index (χ3n) is 6.13. The third-order valence-corrected chi connectivity index (χ3v) is 7.26. The summed E-state index contributed by atoms with van der Waals surface area (Å²) < 4.78 is 29.3. The number of aromatic nitrogens is 1. The molecular weight excluding hydrogens is 538 g/mol. The molecule has 1 aromatic heterocycles. The van der Waals surface area contributed by atoms with Gasteiger partial charge in [0.25, 0.3) is 5.91 Å². The lowest BCUT2D eigenvalue weighted by Gasteiger charge is -2.27. The Kier molecular flexibility index (Phi) is 8.88. The number of hydrogen-bond acceptors (Lipinski definition) is 6. The maximum Gasteiger partial charge on any atom is 0.414 e. The maximum atomic E-state index is 13.3. The number of amides is 2. The first kappa shape index (κ1) is 29.5. The average Bonchev–Trinajstić information content (AvgIpc) is 2.93. The van der Waals surface area contributed by atoms with E-state index in [9.17, 15) is 18.0 Å². The van der Waals surface area contributed by atoms with Crippen molar-refractivity contribution < 1.29 is 22.7 Å². The van der Waals surface area contributed by atoms with Crippen molar-refractivity contribution in [3.63, 3.8) is 0 Å². The van der Waals surface area contributed by atoms with Crippen molar-refractivity contribution in [1.82, 2.24) is 4.98 Å². The SMILES string of the molecule is CC(C)(C)OC(=O)N(CCc1ccccn1)c1ccc(NC(=O)c2ccccc2-c2ccc(S(C)(=O)=O)cc2)cc1. The average molecular weight is 572 g/mol. The molecule has 0 aliphatic carbocycles. The van der Waals surface area contributed by atoms with Crippen LogP contribution in [-0.4, -0.2) is 43.8 Å². The first-order valence-corrected chi connectivity index (χ1v) is 15.0. The van der Waals surface area contributed by atoms with Crippen LogP contribution >= 0.6 is 0 Å².